The zero-order chi connectivity index (χ0) is 23.9. The van der Waals surface area contributed by atoms with Crippen molar-refractivity contribution >= 4 is 17.5 Å². The van der Waals surface area contributed by atoms with Gasteiger partial charge in [-0.3, -0.25) is 4.79 Å². The number of pyridine rings is 1. The molecule has 0 amide bonds. The molecule has 34 heavy (non-hydrogen) atoms. The van der Waals surface area contributed by atoms with Crippen LogP contribution in [0.15, 0.2) is 53.6 Å². The summed E-state index contributed by atoms with van der Waals surface area (Å²) < 4.78 is 21.2. The Morgan fingerprint density at radius 2 is 2.03 bits per heavy atom. The van der Waals surface area contributed by atoms with Gasteiger partial charge in [0.1, 0.15) is 5.82 Å². The Bertz CT molecular complexity index is 1170. The number of benzene rings is 1. The minimum absolute atomic E-state index is 0.0566. The number of ether oxygens (including phenoxy) is 1. The SMILES string of the molecule is NCCCCC(c1ccc(Cl)c(F)c1)n1ccc(-c2ccnc(NC3CCOCC3)n2)cc1=O. The van der Waals surface area contributed by atoms with Crippen LogP contribution in [0.1, 0.15) is 43.7 Å². The lowest BCUT2D eigenvalue weighted by Gasteiger charge is -2.23. The minimum Gasteiger partial charge on any atom is -0.381 e. The van der Waals surface area contributed by atoms with Gasteiger partial charge < -0.3 is 20.4 Å². The average molecular weight is 486 g/mol. The number of nitrogens with two attached hydrogens (primary N) is 1. The van der Waals surface area contributed by atoms with Crippen LogP contribution < -0.4 is 16.6 Å². The fourth-order valence-electron chi connectivity index (χ4n) is 4.19. The topological polar surface area (TPSA) is 95.1 Å². The van der Waals surface area contributed by atoms with Crippen molar-refractivity contribution in [1.29, 1.82) is 0 Å². The zero-order valence-corrected chi connectivity index (χ0v) is 19.7. The van der Waals surface area contributed by atoms with Crippen LogP contribution in [0.4, 0.5) is 10.3 Å². The molecule has 4 rings (SSSR count). The second kappa shape index (κ2) is 11.6. The third-order valence-electron chi connectivity index (χ3n) is 6.05. The van der Waals surface area contributed by atoms with Crippen LogP contribution in [0, 0.1) is 5.82 Å². The molecule has 0 bridgehead atoms. The van der Waals surface area contributed by atoms with Gasteiger partial charge in [0.2, 0.25) is 5.95 Å². The summed E-state index contributed by atoms with van der Waals surface area (Å²) in [5.74, 6) is 0.0306. The van der Waals surface area contributed by atoms with Crippen molar-refractivity contribution in [3.05, 3.63) is 75.5 Å². The maximum absolute atomic E-state index is 14.2. The molecule has 0 aliphatic carbocycles. The molecule has 1 unspecified atom stereocenters. The lowest BCUT2D eigenvalue weighted by atomic mass is 10.00. The van der Waals surface area contributed by atoms with E-state index in [1.807, 2.05) is 6.07 Å². The van der Waals surface area contributed by atoms with Crippen molar-refractivity contribution in [2.75, 3.05) is 25.1 Å². The van der Waals surface area contributed by atoms with E-state index in [2.05, 4.69) is 15.3 Å². The summed E-state index contributed by atoms with van der Waals surface area (Å²) in [5.41, 5.74) is 7.51. The first-order valence-corrected chi connectivity index (χ1v) is 12.0. The van der Waals surface area contributed by atoms with Crippen LogP contribution in [0.25, 0.3) is 11.3 Å². The van der Waals surface area contributed by atoms with E-state index in [9.17, 15) is 9.18 Å². The van der Waals surface area contributed by atoms with E-state index in [4.69, 9.17) is 22.1 Å². The third kappa shape index (κ3) is 6.00. The summed E-state index contributed by atoms with van der Waals surface area (Å²) >= 11 is 5.87. The minimum atomic E-state index is -0.502. The number of aromatic nitrogens is 3. The smallest absolute Gasteiger partial charge is 0.251 e. The molecule has 0 saturated carbocycles. The molecule has 9 heteroatoms. The molecule has 1 fully saturated rings. The first kappa shape index (κ1) is 24.3. The van der Waals surface area contributed by atoms with E-state index >= 15 is 0 Å². The van der Waals surface area contributed by atoms with Gasteiger partial charge in [0.15, 0.2) is 0 Å². The van der Waals surface area contributed by atoms with Crippen LogP contribution in [0.5, 0.6) is 0 Å². The number of hydrogen-bond acceptors (Lipinski definition) is 6. The molecule has 1 aliphatic rings. The standard InChI is InChI=1S/C25H29ClFN5O2/c26-20-5-4-18(15-21(20)27)23(3-1-2-10-28)32-12-7-17(16-24(32)33)22-6-11-29-25(31-22)30-19-8-13-34-14-9-19/h4-7,11-12,15-16,19,23H,1-3,8-10,13-14,28H2,(H,29,30,31). The fraction of sp³-hybridized carbons (Fsp3) is 0.400. The van der Waals surface area contributed by atoms with Crippen molar-refractivity contribution < 1.29 is 9.13 Å². The van der Waals surface area contributed by atoms with E-state index in [0.717, 1.165) is 38.9 Å². The zero-order valence-electron chi connectivity index (χ0n) is 18.9. The Morgan fingerprint density at radius 1 is 1.21 bits per heavy atom. The molecule has 7 nitrogen and oxygen atoms in total. The number of anilines is 1. The second-order valence-electron chi connectivity index (χ2n) is 8.43. The Hall–Kier alpha value is -2.81. The predicted octanol–water partition coefficient (Wildman–Crippen LogP) is 4.41. The van der Waals surface area contributed by atoms with Gasteiger partial charge in [0.05, 0.1) is 16.8 Å². The highest BCUT2D eigenvalue weighted by Crippen LogP contribution is 2.27. The molecule has 1 saturated heterocycles. The van der Waals surface area contributed by atoms with Crippen molar-refractivity contribution in [3.63, 3.8) is 0 Å². The van der Waals surface area contributed by atoms with Crippen molar-refractivity contribution in [1.82, 2.24) is 14.5 Å². The quantitative estimate of drug-likeness (QED) is 0.436. The monoisotopic (exact) mass is 485 g/mol. The maximum Gasteiger partial charge on any atom is 0.251 e. The van der Waals surface area contributed by atoms with Gasteiger partial charge in [-0.25, -0.2) is 14.4 Å². The summed E-state index contributed by atoms with van der Waals surface area (Å²) in [5, 5.41) is 3.41. The normalized spacial score (nSPS) is 15.3. The Kier molecular flexibility index (Phi) is 8.26. The van der Waals surface area contributed by atoms with Crippen molar-refractivity contribution in [3.8, 4) is 11.3 Å². The summed E-state index contributed by atoms with van der Waals surface area (Å²) in [4.78, 5) is 22.1. The number of hydrogen-bond donors (Lipinski definition) is 2. The van der Waals surface area contributed by atoms with Gasteiger partial charge in [0.25, 0.3) is 5.56 Å². The van der Waals surface area contributed by atoms with Gasteiger partial charge in [-0.1, -0.05) is 17.7 Å². The van der Waals surface area contributed by atoms with Gasteiger partial charge in [-0.15, -0.1) is 0 Å². The number of nitrogens with one attached hydrogen (secondary N) is 1. The van der Waals surface area contributed by atoms with E-state index in [1.54, 1.807) is 35.2 Å². The highest BCUT2D eigenvalue weighted by molar-refractivity contribution is 6.30. The second-order valence-corrected chi connectivity index (χ2v) is 8.84. The van der Waals surface area contributed by atoms with Crippen molar-refractivity contribution in [2.24, 2.45) is 5.73 Å². The van der Waals surface area contributed by atoms with Crippen LogP contribution in [0.3, 0.4) is 0 Å². The van der Waals surface area contributed by atoms with Crippen LogP contribution in [-0.2, 0) is 4.74 Å². The summed E-state index contributed by atoms with van der Waals surface area (Å²) in [7, 11) is 0. The van der Waals surface area contributed by atoms with Gasteiger partial charge in [-0.2, -0.15) is 0 Å². The molecule has 0 spiro atoms. The molecule has 3 N–H and O–H groups in total. The molecule has 1 aliphatic heterocycles. The summed E-state index contributed by atoms with van der Waals surface area (Å²) in [6.07, 6.45) is 7.52. The maximum atomic E-state index is 14.2. The van der Waals surface area contributed by atoms with Crippen LogP contribution in [-0.4, -0.2) is 40.3 Å². The van der Waals surface area contributed by atoms with Gasteiger partial charge in [0, 0.05) is 43.3 Å². The van der Waals surface area contributed by atoms with E-state index in [1.165, 1.54) is 12.1 Å². The predicted molar refractivity (Wildman–Crippen MR) is 132 cm³/mol. The van der Waals surface area contributed by atoms with E-state index in [-0.39, 0.29) is 22.7 Å². The molecule has 180 valence electrons. The third-order valence-corrected chi connectivity index (χ3v) is 6.36. The number of rotatable bonds is 9. The molecule has 3 heterocycles. The summed E-state index contributed by atoms with van der Waals surface area (Å²) in [6, 6.07) is 9.82. The summed E-state index contributed by atoms with van der Waals surface area (Å²) in [6.45, 7) is 2.01. The lowest BCUT2D eigenvalue weighted by molar-refractivity contribution is 0.0903. The molecule has 0 radical (unpaired) electrons. The first-order chi connectivity index (χ1) is 16.5. The molecule has 1 atom stereocenters. The Morgan fingerprint density at radius 3 is 2.76 bits per heavy atom. The van der Waals surface area contributed by atoms with Crippen molar-refractivity contribution in [2.45, 2.75) is 44.2 Å². The van der Waals surface area contributed by atoms with Crippen LogP contribution in [0.2, 0.25) is 5.02 Å². The first-order valence-electron chi connectivity index (χ1n) is 11.6. The largest absolute Gasteiger partial charge is 0.381 e. The van der Waals surface area contributed by atoms with E-state index < -0.39 is 5.82 Å². The molecule has 2 aromatic heterocycles. The number of unbranched alkanes of at least 4 members (excludes halogenated alkanes) is 1. The highest BCUT2D eigenvalue weighted by Gasteiger charge is 2.18. The Balaban J connectivity index is 1.59. The highest BCUT2D eigenvalue weighted by atomic mass is 35.5. The Labute approximate surface area is 203 Å². The van der Waals surface area contributed by atoms with Gasteiger partial charge >= 0.3 is 0 Å². The van der Waals surface area contributed by atoms with Gasteiger partial charge in [-0.05, 0) is 68.5 Å². The molecular formula is C25H29ClFN5O2. The van der Waals surface area contributed by atoms with E-state index in [0.29, 0.717) is 35.7 Å². The number of nitrogens with zero attached hydrogens (tertiary/aromatic N) is 3. The molecule has 3 aromatic rings. The molecule has 1 aromatic carbocycles. The lowest BCUT2D eigenvalue weighted by Crippen LogP contribution is -2.28. The average Bonchev–Trinajstić information content (AvgIpc) is 2.85. The molecular weight excluding hydrogens is 457 g/mol. The number of halogens is 2. The van der Waals surface area contributed by atoms with Crippen LogP contribution >= 0.6 is 11.6 Å². The fourth-order valence-corrected chi connectivity index (χ4v) is 4.31.